The van der Waals surface area contributed by atoms with Gasteiger partial charge in [-0.1, -0.05) is 0 Å². The summed E-state index contributed by atoms with van der Waals surface area (Å²) in [5.41, 5.74) is -0.0133. The molecule has 0 aromatic heterocycles. The number of ether oxygens (including phenoxy) is 1. The highest BCUT2D eigenvalue weighted by Crippen LogP contribution is 2.22. The fourth-order valence-electron chi connectivity index (χ4n) is 1.52. The van der Waals surface area contributed by atoms with E-state index in [1.165, 1.54) is 7.05 Å². The summed E-state index contributed by atoms with van der Waals surface area (Å²) in [5, 5.41) is 8.94. The first kappa shape index (κ1) is 17.0. The molecule has 0 bridgehead atoms. The maximum absolute atomic E-state index is 13.7. The summed E-state index contributed by atoms with van der Waals surface area (Å²) in [6.07, 6.45) is 0. The maximum atomic E-state index is 13.7. The van der Waals surface area contributed by atoms with Crippen LogP contribution in [0, 0.1) is 11.6 Å². The quantitative estimate of drug-likeness (QED) is 0.766. The minimum absolute atomic E-state index is 0.0133. The van der Waals surface area contributed by atoms with E-state index in [-0.39, 0.29) is 18.7 Å². The standard InChI is InChI=1S/C12H17F2NO4S/c1-3-19-5-4-15(2)20(17,18)11-7-9(8-16)6-10(13)12(11)14/h6-7,16H,3-5,8H2,1-2H3. The van der Waals surface area contributed by atoms with Crippen LogP contribution in [0.2, 0.25) is 0 Å². The summed E-state index contributed by atoms with van der Waals surface area (Å²) < 4.78 is 57.2. The van der Waals surface area contributed by atoms with E-state index in [0.717, 1.165) is 16.4 Å². The zero-order valence-electron chi connectivity index (χ0n) is 11.3. The van der Waals surface area contributed by atoms with E-state index in [2.05, 4.69) is 0 Å². The third-order valence-electron chi connectivity index (χ3n) is 2.68. The average molecular weight is 309 g/mol. The summed E-state index contributed by atoms with van der Waals surface area (Å²) in [6, 6.07) is 1.68. The van der Waals surface area contributed by atoms with Gasteiger partial charge >= 0.3 is 0 Å². The molecule has 0 atom stereocenters. The first-order chi connectivity index (χ1) is 9.34. The Labute approximate surface area is 116 Å². The summed E-state index contributed by atoms with van der Waals surface area (Å²) in [5.74, 6) is -2.77. The first-order valence-electron chi connectivity index (χ1n) is 5.97. The van der Waals surface area contributed by atoms with E-state index in [1.54, 1.807) is 6.92 Å². The molecule has 0 unspecified atom stereocenters. The largest absolute Gasteiger partial charge is 0.392 e. The summed E-state index contributed by atoms with van der Waals surface area (Å²) in [4.78, 5) is -0.791. The molecule has 20 heavy (non-hydrogen) atoms. The van der Waals surface area contributed by atoms with E-state index in [9.17, 15) is 17.2 Å². The maximum Gasteiger partial charge on any atom is 0.245 e. The van der Waals surface area contributed by atoms with Gasteiger partial charge in [0, 0.05) is 20.2 Å². The lowest BCUT2D eigenvalue weighted by molar-refractivity contribution is 0.138. The first-order valence-corrected chi connectivity index (χ1v) is 7.41. The highest BCUT2D eigenvalue weighted by atomic mass is 32.2. The van der Waals surface area contributed by atoms with Crippen LogP contribution in [0.25, 0.3) is 0 Å². The van der Waals surface area contributed by atoms with Crippen LogP contribution in [0.3, 0.4) is 0 Å². The Morgan fingerprint density at radius 2 is 2.00 bits per heavy atom. The molecule has 0 amide bonds. The molecule has 1 aromatic rings. The van der Waals surface area contributed by atoms with Crippen LogP contribution >= 0.6 is 0 Å². The van der Waals surface area contributed by atoms with Gasteiger partial charge in [-0.25, -0.2) is 17.2 Å². The smallest absolute Gasteiger partial charge is 0.245 e. The second-order valence-corrected chi connectivity index (χ2v) is 6.08. The molecule has 8 heteroatoms. The number of hydrogen-bond acceptors (Lipinski definition) is 4. The summed E-state index contributed by atoms with van der Waals surface area (Å²) >= 11 is 0. The van der Waals surface area contributed by atoms with Crippen LogP contribution in [0.5, 0.6) is 0 Å². The fourth-order valence-corrected chi connectivity index (χ4v) is 2.80. The lowest BCUT2D eigenvalue weighted by Gasteiger charge is -2.18. The van der Waals surface area contributed by atoms with Crippen molar-refractivity contribution in [2.75, 3.05) is 26.8 Å². The number of sulfonamides is 1. The fraction of sp³-hybridized carbons (Fsp3) is 0.500. The van der Waals surface area contributed by atoms with Gasteiger partial charge < -0.3 is 9.84 Å². The third-order valence-corrected chi connectivity index (χ3v) is 4.54. The van der Waals surface area contributed by atoms with Crippen LogP contribution in [-0.4, -0.2) is 44.6 Å². The van der Waals surface area contributed by atoms with E-state index in [1.807, 2.05) is 0 Å². The van der Waals surface area contributed by atoms with Crippen molar-refractivity contribution < 1.29 is 27.0 Å². The molecule has 1 N–H and O–H groups in total. The number of hydrogen-bond donors (Lipinski definition) is 1. The zero-order chi connectivity index (χ0) is 15.3. The van der Waals surface area contributed by atoms with E-state index in [4.69, 9.17) is 9.84 Å². The van der Waals surface area contributed by atoms with Crippen molar-refractivity contribution in [3.05, 3.63) is 29.3 Å². The molecule has 0 aliphatic heterocycles. The molecular weight excluding hydrogens is 292 g/mol. The van der Waals surface area contributed by atoms with Crippen molar-refractivity contribution in [2.24, 2.45) is 0 Å². The predicted molar refractivity (Wildman–Crippen MR) is 68.6 cm³/mol. The van der Waals surface area contributed by atoms with Gasteiger partial charge in [-0.2, -0.15) is 4.31 Å². The normalized spacial score (nSPS) is 12.1. The van der Waals surface area contributed by atoms with Crippen LogP contribution < -0.4 is 0 Å². The second-order valence-electron chi connectivity index (χ2n) is 4.07. The summed E-state index contributed by atoms with van der Waals surface area (Å²) in [7, 11) is -2.93. The van der Waals surface area contributed by atoms with Gasteiger partial charge in [0.25, 0.3) is 0 Å². The van der Waals surface area contributed by atoms with Crippen molar-refractivity contribution in [1.29, 1.82) is 0 Å². The second kappa shape index (κ2) is 7.07. The third kappa shape index (κ3) is 3.72. The highest BCUT2D eigenvalue weighted by Gasteiger charge is 2.27. The molecule has 114 valence electrons. The number of likely N-dealkylation sites (N-methyl/N-ethyl adjacent to an activating group) is 1. The number of halogens is 2. The number of benzene rings is 1. The molecular formula is C12H17F2NO4S. The topological polar surface area (TPSA) is 66.8 Å². The molecule has 0 spiro atoms. The molecule has 1 aromatic carbocycles. The van der Waals surface area contributed by atoms with Crippen molar-refractivity contribution in [3.8, 4) is 0 Å². The Morgan fingerprint density at radius 3 is 2.55 bits per heavy atom. The molecule has 5 nitrogen and oxygen atoms in total. The van der Waals surface area contributed by atoms with Crippen molar-refractivity contribution in [2.45, 2.75) is 18.4 Å². The van der Waals surface area contributed by atoms with E-state index in [0.29, 0.717) is 6.61 Å². The van der Waals surface area contributed by atoms with Gasteiger partial charge in [0.15, 0.2) is 11.6 Å². The van der Waals surface area contributed by atoms with Crippen LogP contribution in [-0.2, 0) is 21.4 Å². The molecule has 1 rings (SSSR count). The van der Waals surface area contributed by atoms with Gasteiger partial charge in [-0.05, 0) is 24.6 Å². The lowest BCUT2D eigenvalue weighted by atomic mass is 10.2. The highest BCUT2D eigenvalue weighted by molar-refractivity contribution is 7.89. The Kier molecular flexibility index (Phi) is 6.00. The summed E-state index contributed by atoms with van der Waals surface area (Å²) in [6.45, 7) is 1.77. The Balaban J connectivity index is 3.11. The van der Waals surface area contributed by atoms with Crippen molar-refractivity contribution in [3.63, 3.8) is 0 Å². The van der Waals surface area contributed by atoms with Gasteiger partial charge in [0.1, 0.15) is 4.90 Å². The number of aliphatic hydroxyl groups excluding tert-OH is 1. The number of rotatable bonds is 7. The average Bonchev–Trinajstić information content (AvgIpc) is 2.41. The molecule has 0 heterocycles. The van der Waals surface area contributed by atoms with Crippen LogP contribution in [0.15, 0.2) is 17.0 Å². The Bertz CT molecular complexity index is 563. The van der Waals surface area contributed by atoms with Gasteiger partial charge in [0.2, 0.25) is 10.0 Å². The van der Waals surface area contributed by atoms with Crippen molar-refractivity contribution >= 4 is 10.0 Å². The molecule has 0 saturated carbocycles. The zero-order valence-corrected chi connectivity index (χ0v) is 12.1. The van der Waals surface area contributed by atoms with E-state index < -0.39 is 33.2 Å². The van der Waals surface area contributed by atoms with Crippen LogP contribution in [0.1, 0.15) is 12.5 Å². The Morgan fingerprint density at radius 1 is 1.35 bits per heavy atom. The molecule has 0 aliphatic rings. The Hall–Kier alpha value is -1.09. The SMILES string of the molecule is CCOCCN(C)S(=O)(=O)c1cc(CO)cc(F)c1F. The molecule has 0 fully saturated rings. The monoisotopic (exact) mass is 309 g/mol. The predicted octanol–water partition coefficient (Wildman–Crippen LogP) is 1.11. The van der Waals surface area contributed by atoms with Gasteiger partial charge in [-0.3, -0.25) is 0 Å². The van der Waals surface area contributed by atoms with Gasteiger partial charge in [0.05, 0.1) is 13.2 Å². The van der Waals surface area contributed by atoms with E-state index >= 15 is 0 Å². The van der Waals surface area contributed by atoms with Crippen molar-refractivity contribution in [1.82, 2.24) is 4.31 Å². The number of nitrogens with zero attached hydrogens (tertiary/aromatic N) is 1. The lowest BCUT2D eigenvalue weighted by Crippen LogP contribution is -2.31. The molecule has 0 aliphatic carbocycles. The minimum Gasteiger partial charge on any atom is -0.392 e. The number of aliphatic hydroxyl groups is 1. The van der Waals surface area contributed by atoms with Gasteiger partial charge in [-0.15, -0.1) is 0 Å². The minimum atomic E-state index is -4.18. The molecule has 0 radical (unpaired) electrons. The molecule has 0 saturated heterocycles. The van der Waals surface area contributed by atoms with Crippen LogP contribution in [0.4, 0.5) is 8.78 Å².